The Morgan fingerprint density at radius 1 is 0.811 bits per heavy atom. The van der Waals surface area contributed by atoms with E-state index >= 15 is 0 Å². The van der Waals surface area contributed by atoms with Crippen molar-refractivity contribution in [2.45, 2.75) is 50.4 Å². The lowest BCUT2D eigenvalue weighted by Crippen LogP contribution is -2.34. The molecule has 2 atom stereocenters. The zero-order valence-electron chi connectivity index (χ0n) is 21.6. The van der Waals surface area contributed by atoms with Crippen molar-refractivity contribution in [3.63, 3.8) is 0 Å². The lowest BCUT2D eigenvalue weighted by atomic mass is 9.69. The van der Waals surface area contributed by atoms with Crippen LogP contribution < -0.4 is 4.90 Å². The van der Waals surface area contributed by atoms with Gasteiger partial charge in [-0.3, -0.25) is 9.69 Å². The highest BCUT2D eigenvalue weighted by atomic mass is 16.4. The molecule has 1 fully saturated rings. The zero-order chi connectivity index (χ0) is 25.6. The summed E-state index contributed by atoms with van der Waals surface area (Å²) in [6.45, 7) is 3.86. The number of phenols is 1. The minimum atomic E-state index is -0.731. The highest BCUT2D eigenvalue weighted by Gasteiger charge is 2.32. The Morgan fingerprint density at radius 2 is 1.49 bits per heavy atom. The van der Waals surface area contributed by atoms with E-state index in [9.17, 15) is 9.90 Å². The minimum absolute atomic E-state index is 0.152. The second-order valence-electron chi connectivity index (χ2n) is 10.6. The molecule has 0 radical (unpaired) electrons. The van der Waals surface area contributed by atoms with E-state index in [1.165, 1.54) is 27.9 Å². The molecule has 0 unspecified atom stereocenters. The Kier molecular flexibility index (Phi) is 8.10. The molecule has 1 saturated heterocycles. The number of nitrogens with zero attached hydrogens (tertiary/aromatic N) is 2. The lowest BCUT2D eigenvalue weighted by Gasteiger charge is -2.35. The first-order valence-electron chi connectivity index (χ1n) is 13.7. The number of hydrogen-bond acceptors (Lipinski definition) is 4. The van der Waals surface area contributed by atoms with Crippen LogP contribution in [0.15, 0.2) is 72.8 Å². The fourth-order valence-electron chi connectivity index (χ4n) is 6.28. The number of hydrogen-bond donors (Lipinski definition) is 2. The van der Waals surface area contributed by atoms with Gasteiger partial charge in [0.2, 0.25) is 0 Å². The molecule has 0 aromatic heterocycles. The van der Waals surface area contributed by atoms with Crippen LogP contribution in [0, 0.1) is 0 Å². The number of carboxylic acids is 1. The van der Waals surface area contributed by atoms with E-state index in [2.05, 4.69) is 70.5 Å². The molecule has 0 amide bonds. The summed E-state index contributed by atoms with van der Waals surface area (Å²) in [5.41, 5.74) is 6.56. The second kappa shape index (κ2) is 11.8. The number of fused-ring (bicyclic) bond motifs is 1. The van der Waals surface area contributed by atoms with E-state index in [4.69, 9.17) is 5.11 Å². The molecule has 0 spiro atoms. The smallest absolute Gasteiger partial charge is 0.317 e. The van der Waals surface area contributed by atoms with E-state index in [0.29, 0.717) is 11.7 Å². The standard InChI is InChI=1S/C32H38N2O3/c35-28-15-17-30-26(22-28)12-16-29(24-8-2-1-3-9-24)32(30)25-10-13-27(14-11-25)34-20-6-4-18-33(23-31(36)37)19-5-7-21-34/h1-3,8-11,13-15,17,22,29,32,35H,4-7,12,16,18-21,23H2,(H,36,37)/t29-,32+/m1/s1. The molecule has 5 heteroatoms. The van der Waals surface area contributed by atoms with Crippen LogP contribution in [0.5, 0.6) is 5.75 Å². The third-order valence-corrected chi connectivity index (χ3v) is 8.10. The van der Waals surface area contributed by atoms with Crippen LogP contribution in [0.25, 0.3) is 0 Å². The highest BCUT2D eigenvalue weighted by Crippen LogP contribution is 2.47. The summed E-state index contributed by atoms with van der Waals surface area (Å²) in [4.78, 5) is 15.7. The molecule has 1 heterocycles. The van der Waals surface area contributed by atoms with Gasteiger partial charge in [-0.2, -0.15) is 0 Å². The van der Waals surface area contributed by atoms with E-state index in [-0.39, 0.29) is 12.5 Å². The van der Waals surface area contributed by atoms with Crippen molar-refractivity contribution in [3.05, 3.63) is 95.1 Å². The molecule has 194 valence electrons. The van der Waals surface area contributed by atoms with Crippen molar-refractivity contribution in [2.75, 3.05) is 37.6 Å². The van der Waals surface area contributed by atoms with Gasteiger partial charge in [0.05, 0.1) is 6.54 Å². The largest absolute Gasteiger partial charge is 0.508 e. The minimum Gasteiger partial charge on any atom is -0.508 e. The van der Waals surface area contributed by atoms with Crippen LogP contribution in [0.1, 0.15) is 66.2 Å². The number of carboxylic acid groups (broad SMARTS) is 1. The van der Waals surface area contributed by atoms with Crippen molar-refractivity contribution in [2.24, 2.45) is 0 Å². The SMILES string of the molecule is O=C(O)CN1CCCCN(c2ccc([C@@H]3c4ccc(O)cc4CC[C@@H]3c3ccccc3)cc2)CCCC1. The summed E-state index contributed by atoms with van der Waals surface area (Å²) in [6, 6.07) is 25.9. The summed E-state index contributed by atoms with van der Waals surface area (Å²) in [6.07, 6.45) is 6.22. The van der Waals surface area contributed by atoms with Gasteiger partial charge in [0.1, 0.15) is 5.75 Å². The van der Waals surface area contributed by atoms with Gasteiger partial charge in [-0.25, -0.2) is 0 Å². The number of anilines is 1. The Bertz CT molecular complexity index is 1170. The van der Waals surface area contributed by atoms with Gasteiger partial charge < -0.3 is 15.1 Å². The summed E-state index contributed by atoms with van der Waals surface area (Å²) in [5.74, 6) is 0.290. The number of carbonyl (C=O) groups is 1. The van der Waals surface area contributed by atoms with Crippen LogP contribution in [-0.4, -0.2) is 53.8 Å². The van der Waals surface area contributed by atoms with Crippen molar-refractivity contribution in [1.82, 2.24) is 4.90 Å². The average molecular weight is 499 g/mol. The van der Waals surface area contributed by atoms with E-state index < -0.39 is 5.97 Å². The molecule has 3 aromatic carbocycles. The predicted octanol–water partition coefficient (Wildman–Crippen LogP) is 6.02. The Morgan fingerprint density at radius 3 is 2.16 bits per heavy atom. The van der Waals surface area contributed by atoms with Crippen LogP contribution >= 0.6 is 0 Å². The summed E-state index contributed by atoms with van der Waals surface area (Å²) < 4.78 is 0. The number of aliphatic carboxylic acids is 1. The molecule has 2 aliphatic rings. The van der Waals surface area contributed by atoms with Crippen molar-refractivity contribution in [1.29, 1.82) is 0 Å². The van der Waals surface area contributed by atoms with Gasteiger partial charge >= 0.3 is 5.97 Å². The molecular formula is C32H38N2O3. The maximum atomic E-state index is 11.1. The molecule has 5 nitrogen and oxygen atoms in total. The lowest BCUT2D eigenvalue weighted by molar-refractivity contribution is -0.138. The van der Waals surface area contributed by atoms with Crippen LogP contribution in [0.3, 0.4) is 0 Å². The third-order valence-electron chi connectivity index (χ3n) is 8.10. The normalized spacial score (nSPS) is 21.2. The second-order valence-corrected chi connectivity index (χ2v) is 10.6. The fraction of sp³-hybridized carbons (Fsp3) is 0.406. The first kappa shape index (κ1) is 25.3. The predicted molar refractivity (Wildman–Crippen MR) is 149 cm³/mol. The van der Waals surface area contributed by atoms with E-state index in [1.54, 1.807) is 0 Å². The summed E-state index contributed by atoms with van der Waals surface area (Å²) in [7, 11) is 0. The summed E-state index contributed by atoms with van der Waals surface area (Å²) in [5, 5.41) is 19.3. The topological polar surface area (TPSA) is 64.0 Å². The number of aromatic hydroxyl groups is 1. The highest BCUT2D eigenvalue weighted by molar-refractivity contribution is 5.69. The van der Waals surface area contributed by atoms with Crippen LogP contribution in [0.4, 0.5) is 5.69 Å². The molecular weight excluding hydrogens is 460 g/mol. The van der Waals surface area contributed by atoms with Gasteiger partial charge in [-0.15, -0.1) is 0 Å². The van der Waals surface area contributed by atoms with Crippen molar-refractivity contribution >= 4 is 11.7 Å². The van der Waals surface area contributed by atoms with Crippen molar-refractivity contribution in [3.8, 4) is 5.75 Å². The number of phenolic OH excluding ortho intramolecular Hbond substituents is 1. The third kappa shape index (κ3) is 6.16. The van der Waals surface area contributed by atoms with Crippen molar-refractivity contribution < 1.29 is 15.0 Å². The number of aryl methyl sites for hydroxylation is 1. The quantitative estimate of drug-likeness (QED) is 0.450. The molecule has 5 rings (SSSR count). The van der Waals surface area contributed by atoms with Gasteiger partial charge in [-0.1, -0.05) is 48.5 Å². The van der Waals surface area contributed by atoms with Gasteiger partial charge in [0.25, 0.3) is 0 Å². The first-order valence-corrected chi connectivity index (χ1v) is 13.7. The van der Waals surface area contributed by atoms with Gasteiger partial charge in [0, 0.05) is 24.7 Å². The maximum Gasteiger partial charge on any atom is 0.317 e. The zero-order valence-corrected chi connectivity index (χ0v) is 21.6. The Hall–Kier alpha value is -3.31. The molecule has 2 N–H and O–H groups in total. The molecule has 0 bridgehead atoms. The fourth-order valence-corrected chi connectivity index (χ4v) is 6.28. The Labute approximate surface area is 220 Å². The number of rotatable bonds is 5. The maximum absolute atomic E-state index is 11.1. The van der Waals surface area contributed by atoms with Gasteiger partial charge in [-0.05, 0) is 104 Å². The van der Waals surface area contributed by atoms with Crippen LogP contribution in [0.2, 0.25) is 0 Å². The molecule has 0 saturated carbocycles. The van der Waals surface area contributed by atoms with Crippen LogP contribution in [-0.2, 0) is 11.2 Å². The summed E-state index contributed by atoms with van der Waals surface area (Å²) >= 11 is 0. The molecule has 37 heavy (non-hydrogen) atoms. The number of benzene rings is 3. The first-order chi connectivity index (χ1) is 18.1. The average Bonchev–Trinajstić information content (AvgIpc) is 2.92. The van der Waals surface area contributed by atoms with Gasteiger partial charge in [0.15, 0.2) is 0 Å². The molecule has 1 aliphatic heterocycles. The molecule has 1 aliphatic carbocycles. The van der Waals surface area contributed by atoms with E-state index in [1.807, 2.05) is 12.1 Å². The van der Waals surface area contributed by atoms with E-state index in [0.717, 1.165) is 64.7 Å². The molecule has 3 aromatic rings. The Balaban J connectivity index is 1.35. The monoisotopic (exact) mass is 498 g/mol.